The van der Waals surface area contributed by atoms with Gasteiger partial charge >= 0.3 is 0 Å². The highest BCUT2D eigenvalue weighted by atomic mass is 15.3. The first kappa shape index (κ1) is 14.3. The second-order valence-electron chi connectivity index (χ2n) is 5.51. The second-order valence-corrected chi connectivity index (χ2v) is 5.51. The largest absolute Gasteiger partial charge is 0.278 e. The Bertz CT molecular complexity index is 984. The van der Waals surface area contributed by atoms with E-state index in [2.05, 4.69) is 20.3 Å². The van der Waals surface area contributed by atoms with Gasteiger partial charge in [0.1, 0.15) is 11.5 Å². The van der Waals surface area contributed by atoms with Crippen molar-refractivity contribution in [3.63, 3.8) is 0 Å². The molecule has 0 amide bonds. The van der Waals surface area contributed by atoms with Crippen molar-refractivity contribution in [1.82, 2.24) is 29.5 Å². The Hall–Kier alpha value is -3.28. The van der Waals surface area contributed by atoms with Crippen LogP contribution in [0.2, 0.25) is 0 Å². The molecule has 0 radical (unpaired) electrons. The smallest absolute Gasteiger partial charge is 0.187 e. The topological polar surface area (TPSA) is 61.4 Å². The lowest BCUT2D eigenvalue weighted by Crippen LogP contribution is -2.01. The lowest BCUT2D eigenvalue weighted by molar-refractivity contribution is 0.776. The van der Waals surface area contributed by atoms with Gasteiger partial charge in [0, 0.05) is 30.7 Å². The third-order valence-electron chi connectivity index (χ3n) is 3.94. The molecule has 4 aromatic rings. The van der Waals surface area contributed by atoms with Gasteiger partial charge in [-0.2, -0.15) is 5.10 Å². The number of para-hydroxylation sites is 1. The summed E-state index contributed by atoms with van der Waals surface area (Å²) in [5, 5.41) is 12.8. The Morgan fingerprint density at radius 3 is 2.50 bits per heavy atom. The van der Waals surface area contributed by atoms with Crippen molar-refractivity contribution in [2.45, 2.75) is 6.92 Å². The van der Waals surface area contributed by atoms with E-state index in [1.807, 2.05) is 71.8 Å². The molecule has 0 saturated heterocycles. The van der Waals surface area contributed by atoms with E-state index in [1.54, 1.807) is 12.4 Å². The maximum atomic E-state index is 4.50. The van der Waals surface area contributed by atoms with Crippen LogP contribution in [0.1, 0.15) is 5.82 Å². The molecular formula is C18H16N6. The minimum atomic E-state index is 0.725. The molecule has 0 aliphatic heterocycles. The SMILES string of the molecule is Cc1nnc(-c2cc(-c3ccnn3C)ccn2)n1-c1ccccc1. The van der Waals surface area contributed by atoms with Crippen molar-refractivity contribution in [3.8, 4) is 28.5 Å². The van der Waals surface area contributed by atoms with Crippen molar-refractivity contribution in [2.24, 2.45) is 7.05 Å². The van der Waals surface area contributed by atoms with E-state index in [1.165, 1.54) is 0 Å². The van der Waals surface area contributed by atoms with Crippen molar-refractivity contribution >= 4 is 0 Å². The Morgan fingerprint density at radius 2 is 1.75 bits per heavy atom. The molecule has 6 heteroatoms. The number of nitrogens with zero attached hydrogens (tertiary/aromatic N) is 6. The normalized spacial score (nSPS) is 10.9. The summed E-state index contributed by atoms with van der Waals surface area (Å²) in [5.41, 5.74) is 3.86. The lowest BCUT2D eigenvalue weighted by atomic mass is 10.1. The minimum absolute atomic E-state index is 0.725. The van der Waals surface area contributed by atoms with Gasteiger partial charge in [-0.3, -0.25) is 14.2 Å². The quantitative estimate of drug-likeness (QED) is 0.583. The first-order chi connectivity index (χ1) is 11.7. The van der Waals surface area contributed by atoms with Gasteiger partial charge in [0.2, 0.25) is 0 Å². The molecule has 0 saturated carbocycles. The standard InChI is InChI=1S/C18H16N6/c1-13-21-22-18(24(13)15-6-4-3-5-7-15)16-12-14(8-10-19-16)17-9-11-20-23(17)2/h3-12H,1-2H3. The first-order valence-electron chi connectivity index (χ1n) is 7.66. The Balaban J connectivity index is 1.85. The zero-order chi connectivity index (χ0) is 16.5. The van der Waals surface area contributed by atoms with Gasteiger partial charge in [-0.05, 0) is 37.3 Å². The highest BCUT2D eigenvalue weighted by molar-refractivity contribution is 5.66. The molecule has 4 rings (SSSR count). The van der Waals surface area contributed by atoms with Crippen LogP contribution in [-0.4, -0.2) is 29.5 Å². The Labute approximate surface area is 139 Å². The second kappa shape index (κ2) is 5.73. The van der Waals surface area contributed by atoms with Gasteiger partial charge in [0.05, 0.1) is 5.69 Å². The van der Waals surface area contributed by atoms with Gasteiger partial charge in [-0.15, -0.1) is 10.2 Å². The number of aromatic nitrogens is 6. The lowest BCUT2D eigenvalue weighted by Gasteiger charge is -2.09. The van der Waals surface area contributed by atoms with Crippen LogP contribution in [0.4, 0.5) is 0 Å². The molecule has 24 heavy (non-hydrogen) atoms. The molecule has 0 N–H and O–H groups in total. The maximum absolute atomic E-state index is 4.50. The molecule has 0 unspecified atom stereocenters. The van der Waals surface area contributed by atoms with Gasteiger partial charge in [-0.1, -0.05) is 18.2 Å². The van der Waals surface area contributed by atoms with Gasteiger partial charge < -0.3 is 0 Å². The summed E-state index contributed by atoms with van der Waals surface area (Å²) in [6.45, 7) is 1.94. The van der Waals surface area contributed by atoms with Crippen molar-refractivity contribution < 1.29 is 0 Å². The fraction of sp³-hybridized carbons (Fsp3) is 0.111. The van der Waals surface area contributed by atoms with Gasteiger partial charge in [0.25, 0.3) is 0 Å². The third kappa shape index (κ3) is 2.38. The Kier molecular flexibility index (Phi) is 3.42. The summed E-state index contributed by atoms with van der Waals surface area (Å²) in [7, 11) is 1.92. The van der Waals surface area contributed by atoms with E-state index in [9.17, 15) is 0 Å². The molecule has 118 valence electrons. The molecule has 0 fully saturated rings. The van der Waals surface area contributed by atoms with Crippen LogP contribution in [0.5, 0.6) is 0 Å². The van der Waals surface area contributed by atoms with Gasteiger partial charge in [0.15, 0.2) is 5.82 Å². The van der Waals surface area contributed by atoms with Crippen LogP contribution in [0.15, 0.2) is 60.9 Å². The summed E-state index contributed by atoms with van der Waals surface area (Å²) < 4.78 is 3.85. The van der Waals surface area contributed by atoms with Gasteiger partial charge in [-0.25, -0.2) is 0 Å². The Morgan fingerprint density at radius 1 is 0.917 bits per heavy atom. The van der Waals surface area contributed by atoms with E-state index in [-0.39, 0.29) is 0 Å². The van der Waals surface area contributed by atoms with E-state index in [0.29, 0.717) is 0 Å². The van der Waals surface area contributed by atoms with Crippen LogP contribution in [0.3, 0.4) is 0 Å². The molecule has 0 atom stereocenters. The average Bonchev–Trinajstić information content (AvgIpc) is 3.21. The van der Waals surface area contributed by atoms with Crippen molar-refractivity contribution in [2.75, 3.05) is 0 Å². The number of benzene rings is 1. The zero-order valence-electron chi connectivity index (χ0n) is 13.5. The summed E-state index contributed by atoms with van der Waals surface area (Å²) >= 11 is 0. The summed E-state index contributed by atoms with van der Waals surface area (Å²) in [6, 6.07) is 16.0. The predicted molar refractivity (Wildman–Crippen MR) is 91.5 cm³/mol. The monoisotopic (exact) mass is 316 g/mol. The molecule has 0 aliphatic rings. The molecular weight excluding hydrogens is 300 g/mol. The fourth-order valence-corrected chi connectivity index (χ4v) is 2.78. The first-order valence-corrected chi connectivity index (χ1v) is 7.66. The molecule has 0 aliphatic carbocycles. The van der Waals surface area contributed by atoms with Crippen LogP contribution in [-0.2, 0) is 7.05 Å². The van der Waals surface area contributed by atoms with E-state index < -0.39 is 0 Å². The van der Waals surface area contributed by atoms with Crippen LogP contribution in [0, 0.1) is 6.92 Å². The molecule has 0 spiro atoms. The molecule has 3 aromatic heterocycles. The maximum Gasteiger partial charge on any atom is 0.187 e. The number of hydrogen-bond donors (Lipinski definition) is 0. The number of rotatable bonds is 3. The number of aryl methyl sites for hydroxylation is 2. The van der Waals surface area contributed by atoms with Crippen LogP contribution >= 0.6 is 0 Å². The van der Waals surface area contributed by atoms with Crippen LogP contribution < -0.4 is 0 Å². The average molecular weight is 316 g/mol. The van der Waals surface area contributed by atoms with E-state index >= 15 is 0 Å². The third-order valence-corrected chi connectivity index (χ3v) is 3.94. The summed E-state index contributed by atoms with van der Waals surface area (Å²) in [5.74, 6) is 1.55. The van der Waals surface area contributed by atoms with Crippen molar-refractivity contribution in [1.29, 1.82) is 0 Å². The molecule has 6 nitrogen and oxygen atoms in total. The highest BCUT2D eigenvalue weighted by Gasteiger charge is 2.15. The van der Waals surface area contributed by atoms with E-state index in [0.717, 1.165) is 34.3 Å². The molecule has 3 heterocycles. The number of hydrogen-bond acceptors (Lipinski definition) is 4. The van der Waals surface area contributed by atoms with E-state index in [4.69, 9.17) is 0 Å². The zero-order valence-corrected chi connectivity index (χ0v) is 13.5. The highest BCUT2D eigenvalue weighted by Crippen LogP contribution is 2.25. The number of pyridine rings is 1. The van der Waals surface area contributed by atoms with Crippen LogP contribution in [0.25, 0.3) is 28.5 Å². The molecule has 0 bridgehead atoms. The summed E-state index contributed by atoms with van der Waals surface area (Å²) in [6.07, 6.45) is 3.57. The fourth-order valence-electron chi connectivity index (χ4n) is 2.78. The summed E-state index contributed by atoms with van der Waals surface area (Å²) in [4.78, 5) is 4.50. The molecule has 1 aromatic carbocycles. The van der Waals surface area contributed by atoms with Crippen molar-refractivity contribution in [3.05, 3.63) is 66.7 Å². The predicted octanol–water partition coefficient (Wildman–Crippen LogP) is 3.04. The minimum Gasteiger partial charge on any atom is -0.278 e.